The maximum absolute atomic E-state index is 13.5. The monoisotopic (exact) mass is 455 g/mol. The quantitative estimate of drug-likeness (QED) is 0.643. The summed E-state index contributed by atoms with van der Waals surface area (Å²) in [6.45, 7) is 8.40. The van der Waals surface area contributed by atoms with Crippen LogP contribution in [-0.4, -0.2) is 48.2 Å². The number of nitrogens with zero attached hydrogens (tertiary/aromatic N) is 3. The largest absolute Gasteiger partial charge is 0.461 e. The molecule has 10 heteroatoms. The van der Waals surface area contributed by atoms with Crippen molar-refractivity contribution in [3.8, 4) is 0 Å². The highest BCUT2D eigenvalue weighted by atomic mass is 32.2. The summed E-state index contributed by atoms with van der Waals surface area (Å²) in [5.41, 5.74) is 0.799. The highest BCUT2D eigenvalue weighted by molar-refractivity contribution is 7.89. The zero-order valence-electron chi connectivity index (χ0n) is 18.1. The molecule has 0 atom stereocenters. The Labute approximate surface area is 181 Å². The Kier molecular flexibility index (Phi) is 6.52. The Morgan fingerprint density at radius 1 is 1.16 bits per heavy atom. The summed E-state index contributed by atoms with van der Waals surface area (Å²) < 4.78 is 60.5. The maximum atomic E-state index is 13.5. The topological polar surface area (TPSA) is 81.5 Å². The number of sulfonamides is 1. The van der Waals surface area contributed by atoms with Gasteiger partial charge in [0.05, 0.1) is 17.5 Å². The van der Waals surface area contributed by atoms with Crippen LogP contribution in [0.2, 0.25) is 0 Å². The van der Waals surface area contributed by atoms with Gasteiger partial charge < -0.3 is 4.74 Å². The molecule has 1 aromatic carbocycles. The van der Waals surface area contributed by atoms with Crippen molar-refractivity contribution < 1.29 is 26.7 Å². The first-order valence-electron chi connectivity index (χ1n) is 10.2. The van der Waals surface area contributed by atoms with E-state index in [0.29, 0.717) is 18.9 Å². The van der Waals surface area contributed by atoms with E-state index in [1.165, 1.54) is 4.31 Å². The van der Waals surface area contributed by atoms with Crippen LogP contribution in [0.4, 0.5) is 8.78 Å². The highest BCUT2D eigenvalue weighted by Crippen LogP contribution is 2.32. The maximum Gasteiger partial charge on any atom is 0.358 e. The number of carbonyl (C=O) groups is 1. The number of piperidine rings is 1. The number of hydrogen-bond acceptors (Lipinski definition) is 5. The molecule has 0 radical (unpaired) electrons. The van der Waals surface area contributed by atoms with Crippen molar-refractivity contribution in [3.05, 3.63) is 47.3 Å². The molecule has 2 aromatic rings. The minimum atomic E-state index is -3.94. The summed E-state index contributed by atoms with van der Waals surface area (Å²) in [4.78, 5) is 11.9. The van der Waals surface area contributed by atoms with Gasteiger partial charge in [0, 0.05) is 24.2 Å². The van der Waals surface area contributed by atoms with Crippen LogP contribution in [0, 0.1) is 11.6 Å². The molecular weight excluding hydrogens is 428 g/mol. The second-order valence-corrected chi connectivity index (χ2v) is 10.5. The summed E-state index contributed by atoms with van der Waals surface area (Å²) >= 11 is 0. The second-order valence-electron chi connectivity index (χ2n) is 8.54. The zero-order valence-corrected chi connectivity index (χ0v) is 18.9. The van der Waals surface area contributed by atoms with Crippen molar-refractivity contribution >= 4 is 16.0 Å². The lowest BCUT2D eigenvalue weighted by atomic mass is 9.91. The molecule has 0 unspecified atom stereocenters. The first-order valence-corrected chi connectivity index (χ1v) is 11.6. The molecule has 0 N–H and O–H groups in total. The Hall–Kier alpha value is -2.33. The van der Waals surface area contributed by atoms with Crippen LogP contribution in [-0.2, 0) is 20.2 Å². The molecule has 0 saturated carbocycles. The van der Waals surface area contributed by atoms with Crippen LogP contribution in [0.3, 0.4) is 0 Å². The molecule has 31 heavy (non-hydrogen) atoms. The van der Waals surface area contributed by atoms with Crippen molar-refractivity contribution in [1.82, 2.24) is 14.1 Å². The predicted octanol–water partition coefficient (Wildman–Crippen LogP) is 3.66. The van der Waals surface area contributed by atoms with Gasteiger partial charge >= 0.3 is 5.97 Å². The van der Waals surface area contributed by atoms with Gasteiger partial charge in [-0.3, -0.25) is 4.68 Å². The molecular formula is C21H27F2N3O4S. The SMILES string of the molecule is CCOC(=O)c1cc(C(C)(C)C)n(C2CCN(S(=O)(=O)c3ccc(F)c(F)c3)CC2)n1. The van der Waals surface area contributed by atoms with E-state index in [2.05, 4.69) is 5.10 Å². The van der Waals surface area contributed by atoms with E-state index in [1.807, 2.05) is 20.8 Å². The minimum Gasteiger partial charge on any atom is -0.461 e. The minimum absolute atomic E-state index is 0.103. The predicted molar refractivity (Wildman–Crippen MR) is 110 cm³/mol. The smallest absolute Gasteiger partial charge is 0.358 e. The Morgan fingerprint density at radius 3 is 2.35 bits per heavy atom. The van der Waals surface area contributed by atoms with E-state index in [1.54, 1.807) is 17.7 Å². The van der Waals surface area contributed by atoms with Crippen LogP contribution in [0.15, 0.2) is 29.2 Å². The lowest BCUT2D eigenvalue weighted by molar-refractivity contribution is 0.0517. The fourth-order valence-electron chi connectivity index (χ4n) is 3.65. The number of carbonyl (C=O) groups excluding carboxylic acids is 1. The van der Waals surface area contributed by atoms with Crippen molar-refractivity contribution in [2.75, 3.05) is 19.7 Å². The standard InChI is InChI=1S/C21H27F2N3O4S/c1-5-30-20(27)18-13-19(21(2,3)4)26(24-18)14-8-10-25(11-9-14)31(28,29)15-6-7-16(22)17(23)12-15/h6-7,12-14H,5,8-11H2,1-4H3. The normalized spacial score (nSPS) is 16.5. The first kappa shape index (κ1) is 23.3. The van der Waals surface area contributed by atoms with Crippen molar-refractivity contribution in [3.63, 3.8) is 0 Å². The van der Waals surface area contributed by atoms with E-state index in [-0.39, 0.29) is 41.7 Å². The third-order valence-corrected chi connectivity index (χ3v) is 7.18. The third kappa shape index (κ3) is 4.79. The molecule has 3 rings (SSSR count). The van der Waals surface area contributed by atoms with Gasteiger partial charge in [0.25, 0.3) is 0 Å². The van der Waals surface area contributed by atoms with E-state index >= 15 is 0 Å². The second kappa shape index (κ2) is 8.66. The van der Waals surface area contributed by atoms with E-state index in [4.69, 9.17) is 4.74 Å². The lowest BCUT2D eigenvalue weighted by Gasteiger charge is -2.33. The molecule has 0 bridgehead atoms. The van der Waals surface area contributed by atoms with Gasteiger partial charge in [-0.1, -0.05) is 20.8 Å². The summed E-state index contributed by atoms with van der Waals surface area (Å²) in [5, 5.41) is 4.47. The van der Waals surface area contributed by atoms with Gasteiger partial charge in [0.15, 0.2) is 17.3 Å². The molecule has 1 aromatic heterocycles. The Balaban J connectivity index is 1.81. The van der Waals surface area contributed by atoms with Gasteiger partial charge in [-0.05, 0) is 44.0 Å². The average molecular weight is 456 g/mol. The lowest BCUT2D eigenvalue weighted by Crippen LogP contribution is -2.40. The number of halogens is 2. The molecule has 7 nitrogen and oxygen atoms in total. The molecule has 1 saturated heterocycles. The van der Waals surface area contributed by atoms with Crippen molar-refractivity contribution in [2.24, 2.45) is 0 Å². The number of rotatable bonds is 5. The number of aromatic nitrogens is 2. The molecule has 170 valence electrons. The molecule has 1 fully saturated rings. The average Bonchev–Trinajstić information content (AvgIpc) is 3.16. The molecule has 0 spiro atoms. The molecule has 0 amide bonds. The van der Waals surface area contributed by atoms with Gasteiger partial charge in [-0.2, -0.15) is 9.40 Å². The van der Waals surface area contributed by atoms with Gasteiger partial charge in [0.1, 0.15) is 0 Å². The highest BCUT2D eigenvalue weighted by Gasteiger charge is 2.34. The van der Waals surface area contributed by atoms with E-state index < -0.39 is 27.6 Å². The van der Waals surface area contributed by atoms with Crippen LogP contribution >= 0.6 is 0 Å². The molecule has 2 heterocycles. The van der Waals surface area contributed by atoms with Crippen LogP contribution in [0.5, 0.6) is 0 Å². The van der Waals surface area contributed by atoms with Crippen molar-refractivity contribution in [1.29, 1.82) is 0 Å². The van der Waals surface area contributed by atoms with Crippen LogP contribution in [0.1, 0.15) is 62.8 Å². The third-order valence-electron chi connectivity index (χ3n) is 5.29. The number of benzene rings is 1. The summed E-state index contributed by atoms with van der Waals surface area (Å²) in [7, 11) is -3.94. The van der Waals surface area contributed by atoms with Gasteiger partial charge in [0.2, 0.25) is 10.0 Å². The first-order chi connectivity index (χ1) is 14.4. The molecule has 1 aliphatic heterocycles. The van der Waals surface area contributed by atoms with Crippen molar-refractivity contribution in [2.45, 2.75) is 56.9 Å². The Bertz CT molecular complexity index is 1070. The van der Waals surface area contributed by atoms with Crippen LogP contribution < -0.4 is 0 Å². The molecule has 1 aliphatic rings. The fraction of sp³-hybridized carbons (Fsp3) is 0.524. The summed E-state index contributed by atoms with van der Waals surface area (Å²) in [5.74, 6) is -2.79. The van der Waals surface area contributed by atoms with E-state index in [9.17, 15) is 22.0 Å². The van der Waals surface area contributed by atoms with Gasteiger partial charge in [-0.25, -0.2) is 22.0 Å². The zero-order chi connectivity index (χ0) is 23.0. The molecule has 0 aliphatic carbocycles. The van der Waals surface area contributed by atoms with E-state index in [0.717, 1.165) is 17.8 Å². The summed E-state index contributed by atoms with van der Waals surface area (Å²) in [6.07, 6.45) is 0.936. The van der Waals surface area contributed by atoms with Gasteiger partial charge in [-0.15, -0.1) is 0 Å². The number of esters is 1. The number of ether oxygens (including phenoxy) is 1. The summed E-state index contributed by atoms with van der Waals surface area (Å²) in [6, 6.07) is 4.20. The number of hydrogen-bond donors (Lipinski definition) is 0. The fourth-order valence-corrected chi connectivity index (χ4v) is 5.13. The Morgan fingerprint density at radius 2 is 1.81 bits per heavy atom. The van der Waals surface area contributed by atoms with Crippen LogP contribution in [0.25, 0.3) is 0 Å².